The number of aromatic nitrogens is 1. The molecule has 0 saturated carbocycles. The van der Waals surface area contributed by atoms with E-state index in [0.29, 0.717) is 16.5 Å². The topological polar surface area (TPSA) is 42.1 Å². The average molecular weight is 261 g/mol. The quantitative estimate of drug-likeness (QED) is 0.682. The largest absolute Gasteiger partial charge is 0.465 e. The van der Waals surface area contributed by atoms with Crippen LogP contribution in [0, 0.1) is 11.6 Å². The van der Waals surface area contributed by atoms with Gasteiger partial charge in [-0.2, -0.15) is 0 Å². The predicted molar refractivity (Wildman–Crippen MR) is 67.1 cm³/mol. The van der Waals surface area contributed by atoms with E-state index < -0.39 is 17.6 Å². The Balaban J connectivity index is 2.37. The molecular weight excluding hydrogens is 252 g/mol. The number of ether oxygens (including phenoxy) is 1. The first-order valence-corrected chi connectivity index (χ1v) is 5.59. The number of carbonyl (C=O) groups is 1. The highest BCUT2D eigenvalue weighted by Crippen LogP contribution is 2.30. The molecule has 1 heterocycles. The second-order valence-electron chi connectivity index (χ2n) is 4.16. The summed E-state index contributed by atoms with van der Waals surface area (Å²) in [5.74, 6) is -1.54. The van der Waals surface area contributed by atoms with Crippen molar-refractivity contribution in [3.05, 3.63) is 47.5 Å². The van der Waals surface area contributed by atoms with Gasteiger partial charge in [-0.1, -0.05) is 6.07 Å². The highest BCUT2D eigenvalue weighted by molar-refractivity contribution is 6.09. The zero-order chi connectivity index (χ0) is 13.6. The lowest BCUT2D eigenvalue weighted by Gasteiger charge is -1.99. The summed E-state index contributed by atoms with van der Waals surface area (Å²) in [5.41, 5.74) is 0.904. The number of methoxy groups -OCH3 is 1. The van der Waals surface area contributed by atoms with Gasteiger partial charge < -0.3 is 9.72 Å². The van der Waals surface area contributed by atoms with Gasteiger partial charge in [-0.15, -0.1) is 0 Å². The lowest BCUT2D eigenvalue weighted by molar-refractivity contribution is 0.0601. The zero-order valence-corrected chi connectivity index (χ0v) is 9.96. The number of aromatic amines is 1. The van der Waals surface area contributed by atoms with Crippen LogP contribution in [0.1, 0.15) is 10.4 Å². The van der Waals surface area contributed by atoms with Gasteiger partial charge in [-0.05, 0) is 24.3 Å². The third-order valence-corrected chi connectivity index (χ3v) is 3.07. The highest BCUT2D eigenvalue weighted by atomic mass is 19.1. The Bertz CT molecular complexity index is 808. The molecular formula is C14H9F2NO2. The Morgan fingerprint density at radius 3 is 2.63 bits per heavy atom. The number of benzene rings is 2. The molecule has 0 fully saturated rings. The Hall–Kier alpha value is -2.43. The Labute approximate surface area is 106 Å². The monoisotopic (exact) mass is 261 g/mol. The van der Waals surface area contributed by atoms with Crippen LogP contribution in [0.4, 0.5) is 8.78 Å². The smallest absolute Gasteiger partial charge is 0.337 e. The number of nitrogens with one attached hydrogen (secondary N) is 1. The maximum absolute atomic E-state index is 13.8. The van der Waals surface area contributed by atoms with Crippen LogP contribution in [0.5, 0.6) is 0 Å². The molecule has 2 aromatic carbocycles. The number of hydrogen-bond acceptors (Lipinski definition) is 2. The molecule has 0 radical (unpaired) electrons. The van der Waals surface area contributed by atoms with E-state index in [1.165, 1.54) is 19.2 Å². The maximum atomic E-state index is 13.8. The van der Waals surface area contributed by atoms with E-state index in [-0.39, 0.29) is 10.9 Å². The van der Waals surface area contributed by atoms with Crippen molar-refractivity contribution in [2.75, 3.05) is 7.11 Å². The lowest BCUT2D eigenvalue weighted by Crippen LogP contribution is -2.00. The minimum atomic E-state index is -0.535. The van der Waals surface area contributed by atoms with Crippen molar-refractivity contribution in [3.8, 4) is 0 Å². The van der Waals surface area contributed by atoms with Gasteiger partial charge in [-0.3, -0.25) is 0 Å². The van der Waals surface area contributed by atoms with Crippen LogP contribution in [0.25, 0.3) is 21.8 Å². The molecule has 0 spiro atoms. The van der Waals surface area contributed by atoms with Crippen LogP contribution >= 0.6 is 0 Å². The number of halogens is 2. The summed E-state index contributed by atoms with van der Waals surface area (Å²) < 4.78 is 32.0. The number of esters is 1. The van der Waals surface area contributed by atoms with Crippen molar-refractivity contribution in [2.45, 2.75) is 0 Å². The SMILES string of the molecule is COC(=O)c1ccc2c(c1)[nH]c1c(F)ccc(F)c12. The van der Waals surface area contributed by atoms with Gasteiger partial charge in [-0.25, -0.2) is 13.6 Å². The fourth-order valence-electron chi connectivity index (χ4n) is 2.18. The van der Waals surface area contributed by atoms with E-state index in [1.54, 1.807) is 6.07 Å². The Kier molecular flexibility index (Phi) is 2.48. The molecule has 0 saturated heterocycles. The molecule has 0 aliphatic heterocycles. The number of hydrogen-bond donors (Lipinski definition) is 1. The molecule has 96 valence electrons. The highest BCUT2D eigenvalue weighted by Gasteiger charge is 2.14. The molecule has 0 unspecified atom stereocenters. The van der Waals surface area contributed by atoms with Gasteiger partial charge in [0.25, 0.3) is 0 Å². The van der Waals surface area contributed by atoms with Crippen LogP contribution in [0.3, 0.4) is 0 Å². The van der Waals surface area contributed by atoms with E-state index in [0.717, 1.165) is 12.1 Å². The molecule has 0 aliphatic rings. The van der Waals surface area contributed by atoms with Crippen LogP contribution < -0.4 is 0 Å². The normalized spacial score (nSPS) is 11.1. The minimum Gasteiger partial charge on any atom is -0.465 e. The van der Waals surface area contributed by atoms with Crippen molar-refractivity contribution in [2.24, 2.45) is 0 Å². The van der Waals surface area contributed by atoms with Crippen molar-refractivity contribution >= 4 is 27.8 Å². The van der Waals surface area contributed by atoms with Gasteiger partial charge in [0.1, 0.15) is 11.6 Å². The van der Waals surface area contributed by atoms with Crippen LogP contribution in [-0.2, 0) is 4.74 Å². The third kappa shape index (κ3) is 1.66. The summed E-state index contributed by atoms with van der Waals surface area (Å²) >= 11 is 0. The van der Waals surface area contributed by atoms with E-state index in [9.17, 15) is 13.6 Å². The van der Waals surface area contributed by atoms with Crippen molar-refractivity contribution in [1.82, 2.24) is 4.98 Å². The number of rotatable bonds is 1. The predicted octanol–water partition coefficient (Wildman–Crippen LogP) is 3.39. The van der Waals surface area contributed by atoms with Crippen molar-refractivity contribution in [3.63, 3.8) is 0 Å². The Morgan fingerprint density at radius 2 is 1.89 bits per heavy atom. The average Bonchev–Trinajstić information content (AvgIpc) is 2.81. The second-order valence-corrected chi connectivity index (χ2v) is 4.16. The van der Waals surface area contributed by atoms with Crippen molar-refractivity contribution < 1.29 is 18.3 Å². The minimum absolute atomic E-state index is 0.0945. The molecule has 0 amide bonds. The van der Waals surface area contributed by atoms with Gasteiger partial charge in [0.2, 0.25) is 0 Å². The molecule has 3 aromatic rings. The summed E-state index contributed by atoms with van der Waals surface area (Å²) in [6, 6.07) is 6.75. The maximum Gasteiger partial charge on any atom is 0.337 e. The first kappa shape index (κ1) is 11.6. The molecule has 19 heavy (non-hydrogen) atoms. The number of carbonyl (C=O) groups excluding carboxylic acids is 1. The first-order chi connectivity index (χ1) is 9.11. The van der Waals surface area contributed by atoms with Gasteiger partial charge in [0, 0.05) is 16.3 Å². The lowest BCUT2D eigenvalue weighted by atomic mass is 10.1. The zero-order valence-electron chi connectivity index (χ0n) is 9.96. The fourth-order valence-corrected chi connectivity index (χ4v) is 2.18. The summed E-state index contributed by atoms with van der Waals surface area (Å²) in [6.45, 7) is 0. The standard InChI is InChI=1S/C14H9F2NO2/c1-19-14(18)7-2-3-8-11(6-7)17-13-10(16)5-4-9(15)12(8)13/h2-6,17H,1H3. The van der Waals surface area contributed by atoms with Crippen LogP contribution in [0.15, 0.2) is 30.3 Å². The molecule has 0 aliphatic carbocycles. The molecule has 3 nitrogen and oxygen atoms in total. The molecule has 1 N–H and O–H groups in total. The molecule has 5 heteroatoms. The van der Waals surface area contributed by atoms with Gasteiger partial charge in [0.05, 0.1) is 18.2 Å². The van der Waals surface area contributed by atoms with Crippen LogP contribution in [0.2, 0.25) is 0 Å². The van der Waals surface area contributed by atoms with E-state index in [4.69, 9.17) is 0 Å². The summed E-state index contributed by atoms with van der Waals surface area (Å²) in [5, 5.41) is 0.714. The van der Waals surface area contributed by atoms with E-state index >= 15 is 0 Å². The fraction of sp³-hybridized carbons (Fsp3) is 0.0714. The second kappa shape index (κ2) is 4.05. The molecule has 0 atom stereocenters. The van der Waals surface area contributed by atoms with Gasteiger partial charge >= 0.3 is 5.97 Å². The first-order valence-electron chi connectivity index (χ1n) is 5.59. The van der Waals surface area contributed by atoms with E-state index in [1.807, 2.05) is 0 Å². The van der Waals surface area contributed by atoms with Gasteiger partial charge in [0.15, 0.2) is 0 Å². The Morgan fingerprint density at radius 1 is 1.16 bits per heavy atom. The molecule has 1 aromatic heterocycles. The van der Waals surface area contributed by atoms with Crippen LogP contribution in [-0.4, -0.2) is 18.1 Å². The molecule has 0 bridgehead atoms. The summed E-state index contributed by atoms with van der Waals surface area (Å²) in [4.78, 5) is 14.2. The summed E-state index contributed by atoms with van der Waals surface area (Å²) in [6.07, 6.45) is 0. The number of H-pyrrole nitrogens is 1. The summed E-state index contributed by atoms with van der Waals surface area (Å²) in [7, 11) is 1.27. The number of fused-ring (bicyclic) bond motifs is 3. The van der Waals surface area contributed by atoms with Crippen molar-refractivity contribution in [1.29, 1.82) is 0 Å². The van der Waals surface area contributed by atoms with E-state index in [2.05, 4.69) is 9.72 Å². The molecule has 3 rings (SSSR count). The third-order valence-electron chi connectivity index (χ3n) is 3.07.